The molecule has 0 radical (unpaired) electrons. The Morgan fingerprint density at radius 1 is 0.928 bits per heavy atom. The molecule has 6 aromatic rings. The van der Waals surface area contributed by atoms with Gasteiger partial charge in [0.15, 0.2) is 11.5 Å². The normalized spacial score (nSPS) is 21.7. The summed E-state index contributed by atoms with van der Waals surface area (Å²) in [6, 6.07) is 12.8. The molecule has 0 amide bonds. The van der Waals surface area contributed by atoms with Gasteiger partial charge in [0.1, 0.15) is 60.3 Å². The van der Waals surface area contributed by atoms with Crippen LogP contribution in [0, 0.1) is 0 Å². The van der Waals surface area contributed by atoms with Crippen LogP contribution in [0.1, 0.15) is 38.1 Å². The lowest BCUT2D eigenvalue weighted by Gasteiger charge is -2.30. The zero-order valence-electron chi connectivity index (χ0n) is 37.6. The molecule has 0 bridgehead atoms. The number of fused-ring (bicyclic) bond motifs is 3. The number of quaternary nitrogens is 1. The van der Waals surface area contributed by atoms with E-state index in [9.17, 15) is 28.8 Å². The van der Waals surface area contributed by atoms with Gasteiger partial charge in [0.25, 0.3) is 0 Å². The van der Waals surface area contributed by atoms with Gasteiger partial charge in [-0.2, -0.15) is 4.98 Å². The van der Waals surface area contributed by atoms with E-state index in [0.717, 1.165) is 51.8 Å². The number of aromatic nitrogens is 7. The Morgan fingerprint density at radius 2 is 1.67 bits per heavy atom. The zero-order valence-corrected chi connectivity index (χ0v) is 42.6. The van der Waals surface area contributed by atoms with Crippen LogP contribution in [-0.4, -0.2) is 138 Å². The van der Waals surface area contributed by atoms with Crippen molar-refractivity contribution in [3.05, 3.63) is 76.8 Å². The van der Waals surface area contributed by atoms with Gasteiger partial charge in [-0.1, -0.05) is 11.6 Å². The minimum atomic E-state index is -5.06. The molecule has 1 unspecified atom stereocenters. The predicted molar refractivity (Wildman–Crippen MR) is 255 cm³/mol. The molecule has 0 saturated carbocycles. The van der Waals surface area contributed by atoms with Gasteiger partial charge in [-0.3, -0.25) is 22.7 Å². The summed E-state index contributed by atoms with van der Waals surface area (Å²) in [5.74, 6) is 1.16. The highest BCUT2D eigenvalue weighted by atomic mass is 79.9. The molecule has 2 aromatic carbocycles. The highest BCUT2D eigenvalue weighted by Crippen LogP contribution is 2.63. The number of halogens is 2. The molecule has 28 heteroatoms. The summed E-state index contributed by atoms with van der Waals surface area (Å²) in [4.78, 5) is 53.4. The molecule has 4 aromatic heterocycles. The number of aliphatic hydroxyl groups is 1. The van der Waals surface area contributed by atoms with E-state index < -0.39 is 70.4 Å². The second-order valence-electron chi connectivity index (χ2n) is 16.9. The van der Waals surface area contributed by atoms with Crippen molar-refractivity contribution < 1.29 is 73.3 Å². The number of phosphoric acid groups is 1. The van der Waals surface area contributed by atoms with Crippen LogP contribution in [-0.2, 0) is 32.2 Å². The van der Waals surface area contributed by atoms with E-state index in [1.807, 2.05) is 36.4 Å². The summed E-state index contributed by atoms with van der Waals surface area (Å²) in [5.41, 5.74) is 14.1. The summed E-state index contributed by atoms with van der Waals surface area (Å²) < 4.78 is 65.6. The molecule has 7 atom stereocenters. The van der Waals surface area contributed by atoms with Gasteiger partial charge in [0, 0.05) is 60.0 Å². The molecule has 8 rings (SSSR count). The van der Waals surface area contributed by atoms with Crippen LogP contribution in [0.4, 0.5) is 17.3 Å². The number of nitrogens with two attached hydrogens (primary N) is 2. The number of rotatable bonds is 21. The smallest absolute Gasteiger partial charge is 0.469 e. The van der Waals surface area contributed by atoms with Crippen LogP contribution in [0.3, 0.4) is 0 Å². The molecule has 2 saturated heterocycles. The second-order valence-corrected chi connectivity index (χ2v) is 22.7. The number of benzene rings is 2. The molecular weight excluding hydrogens is 1050 g/mol. The quantitative estimate of drug-likeness (QED) is 0.0259. The van der Waals surface area contributed by atoms with E-state index in [2.05, 4.69) is 39.3 Å². The third-order valence-corrected chi connectivity index (χ3v) is 16.3. The molecule has 2 fully saturated rings. The molecule has 6 heterocycles. The molecule has 8 N–H and O–H groups in total. The number of anilines is 3. The fourth-order valence-corrected chi connectivity index (χ4v) is 12.6. The summed E-state index contributed by atoms with van der Waals surface area (Å²) in [6.07, 6.45) is -0.948. The average Bonchev–Trinajstić information content (AvgIpc) is 4.02. The molecule has 23 nitrogen and oxygen atoms in total. The van der Waals surface area contributed by atoms with E-state index in [4.69, 9.17) is 55.8 Å². The third kappa shape index (κ3) is 12.7. The molecule has 0 aliphatic carbocycles. The molecular formula is C41H53BrClN11O12P2S. The van der Waals surface area contributed by atoms with Crippen molar-refractivity contribution in [1.82, 2.24) is 34.1 Å². The van der Waals surface area contributed by atoms with Gasteiger partial charge in [0.05, 0.1) is 70.6 Å². The Balaban J connectivity index is 0.00000703. The number of hydrogen-bond acceptors (Lipinski definition) is 19. The molecule has 2 aliphatic heterocycles. The van der Waals surface area contributed by atoms with Gasteiger partial charge in [-0.15, -0.1) is 0 Å². The van der Waals surface area contributed by atoms with Crippen molar-refractivity contribution in [3.63, 3.8) is 0 Å². The zero-order chi connectivity index (χ0) is 48.4. The summed E-state index contributed by atoms with van der Waals surface area (Å²) >= 11 is 7.26. The first-order valence-electron chi connectivity index (χ1n) is 21.6. The van der Waals surface area contributed by atoms with Crippen LogP contribution in [0.25, 0.3) is 33.0 Å². The van der Waals surface area contributed by atoms with Crippen LogP contribution in [0.5, 0.6) is 5.75 Å². The SMILES string of the molecule is COc1ccc2nc3cc(Cl)ccc3c(NCCC[N+](C)(C)CCCSP(=O)(OC[C@H]3O[C@@H](n4cnc5c(N)ncnc54)C[C@@H]3OP(=O)(O)O)O[C@H]3C[C@H](n4ccc(N)nc4=O)O[C@@H]3CO)c2c1.[Br-]. The van der Waals surface area contributed by atoms with Crippen molar-refractivity contribution in [2.24, 2.45) is 0 Å². The Kier molecular flexibility index (Phi) is 17.0. The monoisotopic (exact) mass is 1100 g/mol. The Labute approximate surface area is 415 Å². The number of ether oxygens (including phenoxy) is 3. The molecule has 69 heavy (non-hydrogen) atoms. The first kappa shape index (κ1) is 52.8. The number of nitrogen functional groups attached to an aromatic ring is 2. The first-order chi connectivity index (χ1) is 32.4. The third-order valence-electron chi connectivity index (χ3n) is 11.7. The van der Waals surface area contributed by atoms with Gasteiger partial charge in [-0.25, -0.2) is 33.9 Å². The minimum absolute atomic E-state index is 0. The van der Waals surface area contributed by atoms with Crippen LogP contribution in [0.15, 0.2) is 66.1 Å². The number of pyridine rings is 1. The van der Waals surface area contributed by atoms with E-state index in [1.54, 1.807) is 7.11 Å². The summed E-state index contributed by atoms with van der Waals surface area (Å²) in [6.45, 7) is -3.13. The summed E-state index contributed by atoms with van der Waals surface area (Å²) in [5, 5.41) is 16.4. The van der Waals surface area contributed by atoms with Crippen LogP contribution in [0.2, 0.25) is 5.02 Å². The maximum absolute atomic E-state index is 14.9. The van der Waals surface area contributed by atoms with Gasteiger partial charge in [0.2, 0.25) is 0 Å². The number of phosphoric ester groups is 1. The Bertz CT molecular complexity index is 2940. The molecule has 374 valence electrons. The number of nitrogens with one attached hydrogen (secondary N) is 1. The number of nitrogens with zero attached hydrogens (tertiary/aromatic N) is 8. The van der Waals surface area contributed by atoms with E-state index in [-0.39, 0.29) is 41.5 Å². The minimum Gasteiger partial charge on any atom is -1.00 e. The van der Waals surface area contributed by atoms with E-state index >= 15 is 0 Å². The van der Waals surface area contributed by atoms with E-state index in [1.165, 1.54) is 34.1 Å². The van der Waals surface area contributed by atoms with Crippen LogP contribution < -0.4 is 44.2 Å². The first-order valence-corrected chi connectivity index (χ1v) is 26.6. The van der Waals surface area contributed by atoms with Crippen molar-refractivity contribution in [2.45, 2.75) is 62.6 Å². The number of aliphatic hydroxyl groups excluding tert-OH is 1. The van der Waals surface area contributed by atoms with Crippen LogP contribution >= 0.6 is 37.6 Å². The topological polar surface area (TPSA) is 306 Å². The maximum Gasteiger partial charge on any atom is 0.469 e. The number of methoxy groups -OCH3 is 1. The fourth-order valence-electron chi connectivity index (χ4n) is 8.32. The highest BCUT2D eigenvalue weighted by Gasteiger charge is 2.46. The average molecular weight is 1100 g/mol. The Morgan fingerprint density at radius 3 is 2.41 bits per heavy atom. The standard InChI is InChI=1S/C41H52ClN11O12P2S.BrH/c1-53(2,13-4-11-45-37-26-8-6-24(42)16-29(26)49-28-9-7-25(60-3)17-27(28)37)14-5-15-68-67(59,65-30-18-35(62-32(30)20-54)51-12-10-34(43)50-41(51)55)61-21-33-31(64-66(56,57)58)19-36(63-33)52-23-48-38-39(44)46-22-47-40(38)52;/h6-10,12,16-17,22-23,30-33,35-36,54H,4-5,11,13-15,18-21H2,1-3H3,(H6-,43,44,45,46,47,49,50,55,56,57,58);1H/t30-,31-,32+,33+,35+,36+,67?;/m0./s1. The van der Waals surface area contributed by atoms with Crippen molar-refractivity contribution >= 4 is 87.9 Å². The van der Waals surface area contributed by atoms with Crippen molar-refractivity contribution in [1.29, 1.82) is 0 Å². The molecule has 2 aliphatic rings. The van der Waals surface area contributed by atoms with Crippen molar-refractivity contribution in [3.8, 4) is 5.75 Å². The largest absolute Gasteiger partial charge is 1.00 e. The van der Waals surface area contributed by atoms with E-state index in [0.29, 0.717) is 51.7 Å². The number of hydrogen-bond donors (Lipinski definition) is 6. The van der Waals surface area contributed by atoms with Crippen molar-refractivity contribution in [2.75, 3.05) is 76.6 Å². The van der Waals surface area contributed by atoms with Gasteiger partial charge < -0.3 is 67.4 Å². The fraction of sp³-hybridized carbons (Fsp3) is 0.463. The second kappa shape index (κ2) is 22.2. The summed E-state index contributed by atoms with van der Waals surface area (Å²) in [7, 11) is 0.781. The lowest BCUT2D eigenvalue weighted by molar-refractivity contribution is -0.890. The lowest BCUT2D eigenvalue weighted by atomic mass is 10.1. The highest BCUT2D eigenvalue weighted by molar-refractivity contribution is 8.55. The molecule has 0 spiro atoms. The van der Waals surface area contributed by atoms with Gasteiger partial charge in [-0.05, 0) is 53.8 Å². The maximum atomic E-state index is 14.9. The Hall–Kier alpha value is -4.04. The predicted octanol–water partition coefficient (Wildman–Crippen LogP) is 1.87. The van der Waals surface area contributed by atoms with Gasteiger partial charge >= 0.3 is 20.3 Å². The lowest BCUT2D eigenvalue weighted by Crippen LogP contribution is -3.00. The number of imidazole rings is 1.